The van der Waals surface area contributed by atoms with Gasteiger partial charge in [0, 0.05) is 28.2 Å². The molecule has 35 heavy (non-hydrogen) atoms. The molecule has 5 rings (SSSR count). The van der Waals surface area contributed by atoms with E-state index >= 15 is 0 Å². The lowest BCUT2D eigenvalue weighted by atomic mass is 10.1. The SMILES string of the molecule is O=c1oc2cc(S(=O)(=O)Nc3ccccc3)ccc2c2ccc(S(=O)(=O)Nc3ccccc3)cc12. The molecule has 0 unspecified atom stereocenters. The molecule has 0 aliphatic rings. The maximum atomic E-state index is 12.8. The molecule has 1 aromatic heterocycles. The summed E-state index contributed by atoms with van der Waals surface area (Å²) in [6.07, 6.45) is 0. The van der Waals surface area contributed by atoms with E-state index in [-0.39, 0.29) is 20.8 Å². The monoisotopic (exact) mass is 506 g/mol. The summed E-state index contributed by atoms with van der Waals surface area (Å²) in [6, 6.07) is 25.1. The number of anilines is 2. The topological polar surface area (TPSA) is 123 Å². The van der Waals surface area contributed by atoms with E-state index < -0.39 is 25.7 Å². The number of hydrogen-bond donors (Lipinski definition) is 2. The van der Waals surface area contributed by atoms with Gasteiger partial charge in [-0.05, 0) is 48.5 Å². The molecular weight excluding hydrogens is 488 g/mol. The van der Waals surface area contributed by atoms with Crippen molar-refractivity contribution in [1.82, 2.24) is 0 Å². The van der Waals surface area contributed by atoms with Gasteiger partial charge in [0.2, 0.25) is 0 Å². The third-order valence-corrected chi connectivity index (χ3v) is 8.09. The third kappa shape index (κ3) is 4.48. The Morgan fingerprint density at radius 2 is 1.03 bits per heavy atom. The lowest BCUT2D eigenvalue weighted by Crippen LogP contribution is -2.14. The lowest BCUT2D eigenvalue weighted by Gasteiger charge is -2.11. The molecule has 4 aromatic carbocycles. The van der Waals surface area contributed by atoms with Crippen molar-refractivity contribution in [2.24, 2.45) is 0 Å². The largest absolute Gasteiger partial charge is 0.422 e. The second-order valence-electron chi connectivity index (χ2n) is 7.70. The average Bonchev–Trinajstić information content (AvgIpc) is 2.84. The molecular formula is C25H18N2O6S2. The van der Waals surface area contributed by atoms with Crippen molar-refractivity contribution in [2.45, 2.75) is 9.79 Å². The second-order valence-corrected chi connectivity index (χ2v) is 11.1. The summed E-state index contributed by atoms with van der Waals surface area (Å²) in [5.74, 6) is 0. The standard InChI is InChI=1S/C25H18N2O6S2/c28-25-23-15-19(34(29,30)26-17-7-3-1-4-8-17)11-13-21(23)22-14-12-20(16-24(22)33-25)35(31,32)27-18-9-5-2-6-10-18/h1-16,26-27H. The number of sulfonamides is 2. The normalized spacial score (nSPS) is 12.0. The average molecular weight is 507 g/mol. The Labute approximate surface area is 200 Å². The molecule has 0 spiro atoms. The molecule has 0 radical (unpaired) electrons. The smallest absolute Gasteiger partial charge is 0.344 e. The van der Waals surface area contributed by atoms with Crippen molar-refractivity contribution < 1.29 is 21.3 Å². The number of benzene rings is 4. The molecule has 176 valence electrons. The minimum absolute atomic E-state index is 0.0615. The molecule has 8 nitrogen and oxygen atoms in total. The third-order valence-electron chi connectivity index (χ3n) is 5.33. The fourth-order valence-corrected chi connectivity index (χ4v) is 5.82. The summed E-state index contributed by atoms with van der Waals surface area (Å²) in [6.45, 7) is 0. The van der Waals surface area contributed by atoms with Crippen LogP contribution in [-0.2, 0) is 20.0 Å². The molecule has 0 amide bonds. The van der Waals surface area contributed by atoms with Crippen LogP contribution in [0.4, 0.5) is 11.4 Å². The van der Waals surface area contributed by atoms with Crippen molar-refractivity contribution in [1.29, 1.82) is 0 Å². The van der Waals surface area contributed by atoms with Gasteiger partial charge < -0.3 is 4.42 Å². The van der Waals surface area contributed by atoms with Gasteiger partial charge >= 0.3 is 5.63 Å². The van der Waals surface area contributed by atoms with Gasteiger partial charge in [0.15, 0.2) is 0 Å². The number of hydrogen-bond acceptors (Lipinski definition) is 6. The van der Waals surface area contributed by atoms with Gasteiger partial charge in [-0.3, -0.25) is 9.44 Å². The van der Waals surface area contributed by atoms with E-state index in [4.69, 9.17) is 4.42 Å². The van der Waals surface area contributed by atoms with E-state index in [9.17, 15) is 21.6 Å². The highest BCUT2D eigenvalue weighted by atomic mass is 32.2. The number of para-hydroxylation sites is 2. The summed E-state index contributed by atoms with van der Waals surface area (Å²) < 4.78 is 61.5. The van der Waals surface area contributed by atoms with Crippen LogP contribution < -0.4 is 15.1 Å². The molecule has 0 aliphatic carbocycles. The second kappa shape index (κ2) is 8.57. The molecule has 0 aliphatic heterocycles. The molecule has 5 aromatic rings. The Morgan fingerprint density at radius 1 is 0.543 bits per heavy atom. The maximum Gasteiger partial charge on any atom is 0.344 e. The van der Waals surface area contributed by atoms with Crippen molar-refractivity contribution in [2.75, 3.05) is 9.44 Å². The molecule has 1 heterocycles. The summed E-state index contributed by atoms with van der Waals surface area (Å²) in [5.41, 5.74) is 0.0627. The number of nitrogens with one attached hydrogen (secondary N) is 2. The molecule has 0 bridgehead atoms. The fraction of sp³-hybridized carbons (Fsp3) is 0. The van der Waals surface area contributed by atoms with Crippen LogP contribution in [0, 0.1) is 0 Å². The van der Waals surface area contributed by atoms with Crippen LogP contribution in [0.2, 0.25) is 0 Å². The first-order valence-corrected chi connectivity index (χ1v) is 13.4. The minimum atomic E-state index is -3.95. The van der Waals surface area contributed by atoms with Gasteiger partial charge in [-0.1, -0.05) is 42.5 Å². The molecule has 2 N–H and O–H groups in total. The van der Waals surface area contributed by atoms with Gasteiger partial charge in [-0.2, -0.15) is 0 Å². The molecule has 0 saturated heterocycles. The van der Waals surface area contributed by atoms with E-state index in [1.807, 2.05) is 0 Å². The van der Waals surface area contributed by atoms with Crippen LogP contribution in [-0.4, -0.2) is 16.8 Å². The first-order valence-electron chi connectivity index (χ1n) is 10.4. The molecule has 0 atom stereocenters. The Bertz CT molecular complexity index is 1830. The predicted octanol–water partition coefficient (Wildman–Crippen LogP) is 4.55. The van der Waals surface area contributed by atoms with Crippen molar-refractivity contribution in [3.05, 3.63) is 107 Å². The Hall–Kier alpha value is -4.15. The van der Waals surface area contributed by atoms with E-state index in [2.05, 4.69) is 9.44 Å². The van der Waals surface area contributed by atoms with Crippen molar-refractivity contribution >= 4 is 53.2 Å². The van der Waals surface area contributed by atoms with Crippen LogP contribution in [0.1, 0.15) is 0 Å². The van der Waals surface area contributed by atoms with Crippen LogP contribution in [0.5, 0.6) is 0 Å². The minimum Gasteiger partial charge on any atom is -0.422 e. The lowest BCUT2D eigenvalue weighted by molar-refractivity contribution is 0.567. The maximum absolute atomic E-state index is 12.8. The van der Waals surface area contributed by atoms with E-state index in [1.54, 1.807) is 60.7 Å². The van der Waals surface area contributed by atoms with Gasteiger partial charge in [-0.25, -0.2) is 21.6 Å². The summed E-state index contributed by atoms with van der Waals surface area (Å²) in [4.78, 5) is 12.5. The highest BCUT2D eigenvalue weighted by Gasteiger charge is 2.19. The number of rotatable bonds is 6. The summed E-state index contributed by atoms with van der Waals surface area (Å²) >= 11 is 0. The highest BCUT2D eigenvalue weighted by Crippen LogP contribution is 2.28. The zero-order valence-electron chi connectivity index (χ0n) is 18.0. The number of fused-ring (bicyclic) bond motifs is 3. The molecule has 0 saturated carbocycles. The predicted molar refractivity (Wildman–Crippen MR) is 134 cm³/mol. The Morgan fingerprint density at radius 3 is 1.57 bits per heavy atom. The first kappa shape index (κ1) is 22.6. The van der Waals surface area contributed by atoms with Crippen LogP contribution >= 0.6 is 0 Å². The van der Waals surface area contributed by atoms with E-state index in [1.165, 1.54) is 36.4 Å². The van der Waals surface area contributed by atoms with Gasteiger partial charge in [0.05, 0.1) is 15.2 Å². The van der Waals surface area contributed by atoms with Crippen molar-refractivity contribution in [3.63, 3.8) is 0 Å². The first-order chi connectivity index (χ1) is 16.7. The quantitative estimate of drug-likeness (QED) is 0.257. The van der Waals surface area contributed by atoms with Crippen LogP contribution in [0.3, 0.4) is 0 Å². The van der Waals surface area contributed by atoms with Gasteiger partial charge in [0.1, 0.15) is 5.58 Å². The zero-order valence-corrected chi connectivity index (χ0v) is 19.6. The molecule has 0 fully saturated rings. The zero-order chi connectivity index (χ0) is 24.6. The van der Waals surface area contributed by atoms with E-state index in [0.717, 1.165) is 0 Å². The van der Waals surface area contributed by atoms with Crippen molar-refractivity contribution in [3.8, 4) is 0 Å². The highest BCUT2D eigenvalue weighted by molar-refractivity contribution is 7.93. The summed E-state index contributed by atoms with van der Waals surface area (Å²) in [7, 11) is -7.88. The summed E-state index contributed by atoms with van der Waals surface area (Å²) in [5, 5.41) is 0.972. The Kier molecular flexibility index (Phi) is 5.54. The fourth-order valence-electron chi connectivity index (χ4n) is 3.67. The van der Waals surface area contributed by atoms with Gasteiger partial charge in [0.25, 0.3) is 20.0 Å². The van der Waals surface area contributed by atoms with Gasteiger partial charge in [-0.15, -0.1) is 0 Å². The molecule has 10 heteroatoms. The van der Waals surface area contributed by atoms with Crippen LogP contribution in [0.25, 0.3) is 21.7 Å². The van der Waals surface area contributed by atoms with E-state index in [0.29, 0.717) is 22.1 Å². The van der Waals surface area contributed by atoms with Crippen LogP contribution in [0.15, 0.2) is 116 Å². The Balaban J connectivity index is 1.55.